The summed E-state index contributed by atoms with van der Waals surface area (Å²) in [5, 5.41) is 10.4. The molecule has 0 amide bonds. The summed E-state index contributed by atoms with van der Waals surface area (Å²) in [4.78, 5) is 18.9. The van der Waals surface area contributed by atoms with Gasteiger partial charge >= 0.3 is 0 Å². The average molecular weight is 332 g/mol. The third-order valence-corrected chi connectivity index (χ3v) is 6.07. The number of likely N-dealkylation sites (tertiary alicyclic amines) is 1. The van der Waals surface area contributed by atoms with Crippen LogP contribution in [0.25, 0.3) is 0 Å². The topological polar surface area (TPSA) is 56.3 Å². The van der Waals surface area contributed by atoms with E-state index >= 15 is 0 Å². The number of Topliss-reactive ketones (excluding diaryl/α,β-unsaturated/α-hetero) is 1. The zero-order valence-corrected chi connectivity index (χ0v) is 15.8. The molecule has 4 heteroatoms. The number of aryl methyl sites for hydroxylation is 1. The Hall–Kier alpha value is -1.13. The number of β-amino-alcohol motifs (C(OH)–C–C–N with tert-alkyl or cyclic N) is 1. The molecule has 2 aliphatic rings. The molecule has 3 rings (SSSR count). The summed E-state index contributed by atoms with van der Waals surface area (Å²) in [5.74, 6) is 0.882. The predicted molar refractivity (Wildman–Crippen MR) is 96.4 cm³/mol. The van der Waals surface area contributed by atoms with Crippen molar-refractivity contribution in [2.75, 3.05) is 19.6 Å². The molecule has 0 radical (unpaired) electrons. The van der Waals surface area contributed by atoms with E-state index in [9.17, 15) is 9.90 Å². The predicted octanol–water partition coefficient (Wildman–Crippen LogP) is 2.97. The van der Waals surface area contributed by atoms with Gasteiger partial charge in [-0.3, -0.25) is 9.69 Å². The maximum absolute atomic E-state index is 13.2. The summed E-state index contributed by atoms with van der Waals surface area (Å²) in [6.45, 7) is 12.9. The summed E-state index contributed by atoms with van der Waals surface area (Å²) in [7, 11) is 0. The number of carbonyl (C=O) groups excluding carboxylic acids is 1. The maximum atomic E-state index is 13.2. The van der Waals surface area contributed by atoms with Crippen molar-refractivity contribution >= 4 is 5.78 Å². The average Bonchev–Trinajstić information content (AvgIpc) is 2.82. The largest absolute Gasteiger partial charge is 0.391 e. The minimum Gasteiger partial charge on any atom is -0.391 e. The first-order valence-corrected chi connectivity index (χ1v) is 9.37. The Kier molecular flexibility index (Phi) is 4.65. The van der Waals surface area contributed by atoms with E-state index < -0.39 is 0 Å². The van der Waals surface area contributed by atoms with Gasteiger partial charge in [0.05, 0.1) is 6.10 Å². The molecular formula is C20H32N2O2. The number of aliphatic hydroxyl groups is 1. The molecular weight excluding hydrogens is 300 g/mol. The normalized spacial score (nSPS) is 26.2. The molecule has 0 saturated carbocycles. The quantitative estimate of drug-likeness (QED) is 0.895. The Morgan fingerprint density at radius 3 is 2.71 bits per heavy atom. The highest BCUT2D eigenvalue weighted by atomic mass is 16.3. The Labute approximate surface area is 145 Å². The molecule has 4 nitrogen and oxygen atoms in total. The zero-order valence-electron chi connectivity index (χ0n) is 15.8. The molecule has 0 aromatic carbocycles. The smallest absolute Gasteiger partial charge is 0.169 e. The van der Waals surface area contributed by atoms with Crippen molar-refractivity contribution in [1.29, 1.82) is 0 Å². The van der Waals surface area contributed by atoms with Crippen LogP contribution >= 0.6 is 0 Å². The number of nitrogens with zero attached hydrogens (tertiary/aromatic N) is 1. The van der Waals surface area contributed by atoms with E-state index in [2.05, 4.69) is 44.5 Å². The number of rotatable bonds is 3. The van der Waals surface area contributed by atoms with Gasteiger partial charge in [0.2, 0.25) is 0 Å². The standard InChI is InChI=1S/C20H32N2O2/c1-6-14-12(2)21-16-9-13-7-8-22(11-17(23)20(3,4)5)10-15(13)19(24)18(14)16/h13,15,17,21,23H,6-11H2,1-5H3. The minimum absolute atomic E-state index is 0.0962. The summed E-state index contributed by atoms with van der Waals surface area (Å²) in [6, 6.07) is 0. The molecule has 134 valence electrons. The van der Waals surface area contributed by atoms with Crippen molar-refractivity contribution in [3.63, 3.8) is 0 Å². The zero-order chi connectivity index (χ0) is 17.6. The van der Waals surface area contributed by atoms with Gasteiger partial charge in [-0.1, -0.05) is 27.7 Å². The fourth-order valence-corrected chi connectivity index (χ4v) is 4.37. The second-order valence-electron chi connectivity index (χ2n) is 8.80. The van der Waals surface area contributed by atoms with Crippen LogP contribution in [0.5, 0.6) is 0 Å². The molecule has 0 bridgehead atoms. The van der Waals surface area contributed by atoms with Crippen molar-refractivity contribution in [3.05, 3.63) is 22.5 Å². The van der Waals surface area contributed by atoms with Gasteiger partial charge in [-0.05, 0) is 49.6 Å². The van der Waals surface area contributed by atoms with Gasteiger partial charge in [-0.2, -0.15) is 0 Å². The van der Waals surface area contributed by atoms with Crippen LogP contribution in [0.15, 0.2) is 0 Å². The van der Waals surface area contributed by atoms with E-state index in [-0.39, 0.29) is 17.4 Å². The molecule has 0 spiro atoms. The van der Waals surface area contributed by atoms with Crippen molar-refractivity contribution in [1.82, 2.24) is 9.88 Å². The molecule has 3 unspecified atom stereocenters. The molecule has 3 atom stereocenters. The molecule has 24 heavy (non-hydrogen) atoms. The Morgan fingerprint density at radius 2 is 2.08 bits per heavy atom. The van der Waals surface area contributed by atoms with E-state index in [1.807, 2.05) is 0 Å². The number of H-pyrrole nitrogens is 1. The molecule has 1 aromatic heterocycles. The number of hydrogen-bond acceptors (Lipinski definition) is 3. The van der Waals surface area contributed by atoms with Gasteiger partial charge in [0.25, 0.3) is 0 Å². The van der Waals surface area contributed by atoms with Gasteiger partial charge in [-0.25, -0.2) is 0 Å². The molecule has 1 aliphatic carbocycles. The van der Waals surface area contributed by atoms with Crippen molar-refractivity contribution in [2.24, 2.45) is 17.3 Å². The molecule has 1 saturated heterocycles. The van der Waals surface area contributed by atoms with Crippen LogP contribution in [0.4, 0.5) is 0 Å². The third-order valence-electron chi connectivity index (χ3n) is 6.07. The molecule has 1 fully saturated rings. The highest BCUT2D eigenvalue weighted by Crippen LogP contribution is 2.38. The number of aliphatic hydroxyl groups excluding tert-OH is 1. The first kappa shape index (κ1) is 17.7. The lowest BCUT2D eigenvalue weighted by molar-refractivity contribution is 0.00745. The van der Waals surface area contributed by atoms with Crippen LogP contribution in [0, 0.1) is 24.2 Å². The van der Waals surface area contributed by atoms with Crippen LogP contribution < -0.4 is 0 Å². The van der Waals surface area contributed by atoms with Crippen molar-refractivity contribution in [2.45, 2.75) is 60.0 Å². The van der Waals surface area contributed by atoms with Crippen LogP contribution in [-0.2, 0) is 12.8 Å². The van der Waals surface area contributed by atoms with Gasteiger partial charge in [0, 0.05) is 36.0 Å². The van der Waals surface area contributed by atoms with E-state index in [0.717, 1.165) is 43.6 Å². The number of hydrogen-bond donors (Lipinski definition) is 2. The highest BCUT2D eigenvalue weighted by Gasteiger charge is 2.42. The number of carbonyl (C=O) groups is 1. The summed E-state index contributed by atoms with van der Waals surface area (Å²) >= 11 is 0. The second-order valence-corrected chi connectivity index (χ2v) is 8.80. The number of ketones is 1. The number of piperidine rings is 1. The van der Waals surface area contributed by atoms with Crippen LogP contribution in [0.3, 0.4) is 0 Å². The number of aromatic amines is 1. The fraction of sp³-hybridized carbons (Fsp3) is 0.750. The lowest BCUT2D eigenvalue weighted by atomic mass is 9.72. The van der Waals surface area contributed by atoms with E-state index in [1.165, 1.54) is 11.3 Å². The van der Waals surface area contributed by atoms with Crippen LogP contribution in [0.2, 0.25) is 0 Å². The summed E-state index contributed by atoms with van der Waals surface area (Å²) in [5.41, 5.74) is 4.40. The second kappa shape index (κ2) is 6.30. The van der Waals surface area contributed by atoms with Gasteiger partial charge in [0.1, 0.15) is 0 Å². The summed E-state index contributed by atoms with van der Waals surface area (Å²) < 4.78 is 0. The Bertz CT molecular complexity index is 626. The SMILES string of the molecule is CCc1c(C)[nH]c2c1C(=O)C1CN(CC(O)C(C)(C)C)CCC1C2. The maximum Gasteiger partial charge on any atom is 0.169 e. The Balaban J connectivity index is 1.78. The molecule has 1 aliphatic heterocycles. The first-order valence-electron chi connectivity index (χ1n) is 9.37. The number of aromatic nitrogens is 1. The molecule has 1 aromatic rings. The van der Waals surface area contributed by atoms with E-state index in [4.69, 9.17) is 0 Å². The van der Waals surface area contributed by atoms with Gasteiger partial charge in [-0.15, -0.1) is 0 Å². The van der Waals surface area contributed by atoms with Crippen molar-refractivity contribution < 1.29 is 9.90 Å². The lowest BCUT2D eigenvalue weighted by Crippen LogP contribution is -2.50. The van der Waals surface area contributed by atoms with Gasteiger partial charge < -0.3 is 10.1 Å². The van der Waals surface area contributed by atoms with E-state index in [1.54, 1.807) is 0 Å². The lowest BCUT2D eigenvalue weighted by Gasteiger charge is -2.42. The fourth-order valence-electron chi connectivity index (χ4n) is 4.37. The number of nitrogens with one attached hydrogen (secondary N) is 1. The van der Waals surface area contributed by atoms with E-state index in [0.29, 0.717) is 18.2 Å². The third kappa shape index (κ3) is 3.06. The monoisotopic (exact) mass is 332 g/mol. The van der Waals surface area contributed by atoms with Crippen LogP contribution in [0.1, 0.15) is 61.4 Å². The first-order chi connectivity index (χ1) is 11.2. The van der Waals surface area contributed by atoms with Crippen molar-refractivity contribution in [3.8, 4) is 0 Å². The highest BCUT2D eigenvalue weighted by molar-refractivity contribution is 6.02. The minimum atomic E-state index is -0.357. The molecule has 2 N–H and O–H groups in total. The van der Waals surface area contributed by atoms with Crippen LogP contribution in [-0.4, -0.2) is 46.5 Å². The summed E-state index contributed by atoms with van der Waals surface area (Å²) in [6.07, 6.45) is 2.60. The number of fused-ring (bicyclic) bond motifs is 2. The Morgan fingerprint density at radius 1 is 1.38 bits per heavy atom. The molecule has 2 heterocycles. The van der Waals surface area contributed by atoms with Gasteiger partial charge in [0.15, 0.2) is 5.78 Å².